The van der Waals surface area contributed by atoms with Gasteiger partial charge in [0.2, 0.25) is 0 Å². The van der Waals surface area contributed by atoms with Crippen molar-refractivity contribution in [3.05, 3.63) is 35.9 Å². The first-order valence-electron chi connectivity index (χ1n) is 9.83. The topological polar surface area (TPSA) is 65.0 Å². The van der Waals surface area contributed by atoms with Gasteiger partial charge in [0.1, 0.15) is 6.10 Å². The standard InChI is InChI=1S/C21H33BrO5Si/c1-14(2)21(3,4)28(5,6)27-18-12-16(23)19(17(13-22)25-18)26-20(24)15-10-8-7-9-11-15/h7-11,14,16-19,23H,12-13H2,1-6H3/t16-,17-,18+,19+/m1/s1. The predicted octanol–water partition coefficient (Wildman–Crippen LogP) is 4.74. The maximum absolute atomic E-state index is 12.4. The van der Waals surface area contributed by atoms with Crippen LogP contribution in [0.5, 0.6) is 0 Å². The summed E-state index contributed by atoms with van der Waals surface area (Å²) in [5.41, 5.74) is 0.452. The minimum Gasteiger partial charge on any atom is -0.453 e. The highest BCUT2D eigenvalue weighted by molar-refractivity contribution is 9.09. The number of hydrogen-bond acceptors (Lipinski definition) is 5. The number of rotatable bonds is 7. The molecule has 0 aliphatic carbocycles. The fourth-order valence-electron chi connectivity index (χ4n) is 3.20. The molecule has 1 N–H and O–H groups in total. The summed E-state index contributed by atoms with van der Waals surface area (Å²) in [6.45, 7) is 13.2. The summed E-state index contributed by atoms with van der Waals surface area (Å²) in [4.78, 5) is 12.4. The quantitative estimate of drug-likeness (QED) is 0.352. The maximum Gasteiger partial charge on any atom is 0.338 e. The molecule has 0 radical (unpaired) electrons. The summed E-state index contributed by atoms with van der Waals surface area (Å²) in [6.07, 6.45) is -2.30. The molecular weight excluding hydrogens is 440 g/mol. The molecule has 0 spiro atoms. The Hall–Kier alpha value is -0.733. The number of carbonyl (C=O) groups excluding carboxylic acids is 1. The zero-order chi connectivity index (χ0) is 21.1. The van der Waals surface area contributed by atoms with Gasteiger partial charge in [-0.1, -0.05) is 61.8 Å². The fraction of sp³-hybridized carbons (Fsp3) is 0.667. The van der Waals surface area contributed by atoms with Crippen molar-refractivity contribution in [3.63, 3.8) is 0 Å². The van der Waals surface area contributed by atoms with Crippen molar-refractivity contribution in [2.75, 3.05) is 5.33 Å². The van der Waals surface area contributed by atoms with E-state index in [1.165, 1.54) is 0 Å². The van der Waals surface area contributed by atoms with Crippen LogP contribution in [-0.4, -0.2) is 49.3 Å². The first-order valence-corrected chi connectivity index (χ1v) is 13.9. The third-order valence-corrected chi connectivity index (χ3v) is 11.5. The average Bonchev–Trinajstić information content (AvgIpc) is 2.63. The number of ether oxygens (including phenoxy) is 2. The second-order valence-corrected chi connectivity index (χ2v) is 14.0. The molecule has 2 rings (SSSR count). The summed E-state index contributed by atoms with van der Waals surface area (Å²) >= 11 is 3.42. The molecule has 1 saturated heterocycles. The van der Waals surface area contributed by atoms with Crippen LogP contribution in [-0.2, 0) is 13.9 Å². The second-order valence-electron chi connectivity index (χ2n) is 8.80. The average molecular weight is 473 g/mol. The summed E-state index contributed by atoms with van der Waals surface area (Å²) in [5, 5.41) is 11.2. The number of halogens is 1. The maximum atomic E-state index is 12.4. The summed E-state index contributed by atoms with van der Waals surface area (Å²) in [7, 11) is -2.12. The van der Waals surface area contributed by atoms with E-state index >= 15 is 0 Å². The minimum absolute atomic E-state index is 0.0435. The normalized spacial score (nSPS) is 26.3. The fourth-order valence-corrected chi connectivity index (χ4v) is 6.23. The van der Waals surface area contributed by atoms with Crippen LogP contribution in [0.15, 0.2) is 30.3 Å². The Morgan fingerprint density at radius 3 is 2.46 bits per heavy atom. The number of alkyl halides is 1. The monoisotopic (exact) mass is 472 g/mol. The first-order chi connectivity index (χ1) is 13.0. The lowest BCUT2D eigenvalue weighted by atomic mass is 9.99. The molecule has 0 amide bonds. The number of benzene rings is 1. The van der Waals surface area contributed by atoms with E-state index in [1.807, 2.05) is 6.07 Å². The third-order valence-electron chi connectivity index (χ3n) is 6.33. The molecule has 1 aliphatic rings. The molecule has 0 saturated carbocycles. The molecule has 0 aromatic heterocycles. The van der Waals surface area contributed by atoms with Gasteiger partial charge in [-0.3, -0.25) is 0 Å². The van der Waals surface area contributed by atoms with Crippen molar-refractivity contribution in [1.82, 2.24) is 0 Å². The molecule has 1 heterocycles. The van der Waals surface area contributed by atoms with Crippen LogP contribution in [0.2, 0.25) is 18.1 Å². The van der Waals surface area contributed by atoms with Gasteiger partial charge in [-0.15, -0.1) is 0 Å². The lowest BCUT2D eigenvalue weighted by Gasteiger charge is -2.47. The van der Waals surface area contributed by atoms with Gasteiger partial charge in [0.25, 0.3) is 0 Å². The van der Waals surface area contributed by atoms with Crippen molar-refractivity contribution in [3.8, 4) is 0 Å². The molecule has 158 valence electrons. The van der Waals surface area contributed by atoms with Crippen LogP contribution in [0.3, 0.4) is 0 Å². The number of aliphatic hydroxyl groups is 1. The number of carbonyl (C=O) groups is 1. The lowest BCUT2D eigenvalue weighted by Crippen LogP contribution is -2.55. The van der Waals surface area contributed by atoms with Gasteiger partial charge >= 0.3 is 5.97 Å². The summed E-state index contributed by atoms with van der Waals surface area (Å²) in [6, 6.07) is 8.77. The van der Waals surface area contributed by atoms with Crippen molar-refractivity contribution >= 4 is 30.2 Å². The summed E-state index contributed by atoms with van der Waals surface area (Å²) in [5.74, 6) is 0.00319. The molecular formula is C21H33BrO5Si. The number of esters is 1. The van der Waals surface area contributed by atoms with Gasteiger partial charge in [0.15, 0.2) is 20.7 Å². The van der Waals surface area contributed by atoms with Crippen molar-refractivity contribution in [1.29, 1.82) is 0 Å². The number of aliphatic hydroxyl groups excluding tert-OH is 1. The highest BCUT2D eigenvalue weighted by Gasteiger charge is 2.48. The Bertz CT molecular complexity index is 649. The molecule has 0 unspecified atom stereocenters. The van der Waals surface area contributed by atoms with Crippen molar-refractivity contribution in [2.45, 2.75) is 76.8 Å². The molecule has 4 atom stereocenters. The van der Waals surface area contributed by atoms with Gasteiger partial charge in [0.05, 0.1) is 11.7 Å². The lowest BCUT2D eigenvalue weighted by molar-refractivity contribution is -0.219. The smallest absolute Gasteiger partial charge is 0.338 e. The SMILES string of the molecule is CC(C)C(C)(C)[Si](C)(C)O[C@H]1C[C@@H](O)[C@H](OC(=O)c2ccccc2)[C@@H](CBr)O1. The molecule has 5 nitrogen and oxygen atoms in total. The molecule has 1 aromatic rings. The Labute approximate surface area is 178 Å². The van der Waals surface area contributed by atoms with Gasteiger partial charge < -0.3 is 19.0 Å². The van der Waals surface area contributed by atoms with E-state index in [0.717, 1.165) is 0 Å². The van der Waals surface area contributed by atoms with Gasteiger partial charge in [-0.05, 0) is 36.2 Å². The largest absolute Gasteiger partial charge is 0.453 e. The van der Waals surface area contributed by atoms with E-state index in [9.17, 15) is 9.90 Å². The third kappa shape index (κ3) is 5.24. The van der Waals surface area contributed by atoms with Crippen LogP contribution in [0.1, 0.15) is 44.5 Å². The molecule has 1 aromatic carbocycles. The Morgan fingerprint density at radius 2 is 1.93 bits per heavy atom. The van der Waals surface area contributed by atoms with Crippen LogP contribution >= 0.6 is 15.9 Å². The molecule has 0 bridgehead atoms. The van der Waals surface area contributed by atoms with Crippen LogP contribution < -0.4 is 0 Å². The second kappa shape index (κ2) is 9.39. The molecule has 1 fully saturated rings. The zero-order valence-electron chi connectivity index (χ0n) is 17.6. The van der Waals surface area contributed by atoms with E-state index in [2.05, 4.69) is 56.7 Å². The molecule has 7 heteroatoms. The van der Waals surface area contributed by atoms with Gasteiger partial charge in [-0.2, -0.15) is 0 Å². The summed E-state index contributed by atoms with van der Waals surface area (Å²) < 4.78 is 18.1. The Kier molecular flexibility index (Phi) is 7.89. The van der Waals surface area contributed by atoms with E-state index in [0.29, 0.717) is 16.8 Å². The van der Waals surface area contributed by atoms with E-state index in [-0.39, 0.29) is 11.5 Å². The van der Waals surface area contributed by atoms with Gasteiger partial charge in [0, 0.05) is 11.8 Å². The van der Waals surface area contributed by atoms with E-state index < -0.39 is 38.9 Å². The van der Waals surface area contributed by atoms with Crippen LogP contribution in [0.25, 0.3) is 0 Å². The molecule has 1 aliphatic heterocycles. The Morgan fingerprint density at radius 1 is 1.32 bits per heavy atom. The highest BCUT2D eigenvalue weighted by Crippen LogP contribution is 2.45. The predicted molar refractivity (Wildman–Crippen MR) is 116 cm³/mol. The first kappa shape index (κ1) is 23.5. The van der Waals surface area contributed by atoms with Crippen molar-refractivity contribution in [2.24, 2.45) is 5.92 Å². The van der Waals surface area contributed by atoms with E-state index in [4.69, 9.17) is 13.9 Å². The van der Waals surface area contributed by atoms with Crippen LogP contribution in [0, 0.1) is 5.92 Å². The molecule has 28 heavy (non-hydrogen) atoms. The Balaban J connectivity index is 2.07. The zero-order valence-corrected chi connectivity index (χ0v) is 20.2. The minimum atomic E-state index is -2.12. The van der Waals surface area contributed by atoms with E-state index in [1.54, 1.807) is 24.3 Å². The van der Waals surface area contributed by atoms with Crippen LogP contribution in [0.4, 0.5) is 0 Å². The highest BCUT2D eigenvalue weighted by atomic mass is 79.9. The van der Waals surface area contributed by atoms with Crippen molar-refractivity contribution < 1.29 is 23.8 Å². The number of hydrogen-bond donors (Lipinski definition) is 1. The van der Waals surface area contributed by atoms with Gasteiger partial charge in [-0.25, -0.2) is 4.79 Å².